The lowest BCUT2D eigenvalue weighted by molar-refractivity contribution is -0.130. The van der Waals surface area contributed by atoms with Gasteiger partial charge in [0.2, 0.25) is 11.8 Å². The molecule has 26 heavy (non-hydrogen) atoms. The molecule has 1 saturated carbocycles. The number of carbonyl (C=O) groups is 1. The zero-order valence-electron chi connectivity index (χ0n) is 14.8. The molecule has 2 aliphatic carbocycles. The quantitative estimate of drug-likeness (QED) is 0.909. The molecule has 7 heteroatoms. The van der Waals surface area contributed by atoms with Crippen LogP contribution >= 0.6 is 0 Å². The van der Waals surface area contributed by atoms with Crippen molar-refractivity contribution in [2.75, 3.05) is 0 Å². The van der Waals surface area contributed by atoms with Crippen molar-refractivity contribution in [3.63, 3.8) is 0 Å². The molecule has 1 saturated heterocycles. The molecule has 5 rings (SSSR count). The van der Waals surface area contributed by atoms with Crippen molar-refractivity contribution in [2.24, 2.45) is 11.8 Å². The third-order valence-electron chi connectivity index (χ3n) is 6.16. The molecule has 3 aliphatic rings. The third-order valence-corrected chi connectivity index (χ3v) is 6.16. The number of hydrogen-bond donors (Lipinski definition) is 1. The molecule has 0 spiro atoms. The van der Waals surface area contributed by atoms with Crippen LogP contribution in [0.15, 0.2) is 10.7 Å². The molecule has 1 amide bonds. The first-order chi connectivity index (χ1) is 12.8. The summed E-state index contributed by atoms with van der Waals surface area (Å²) in [5.74, 6) is 1.64. The Morgan fingerprint density at radius 1 is 1.12 bits per heavy atom. The molecule has 2 fully saturated rings. The Morgan fingerprint density at radius 2 is 2.04 bits per heavy atom. The number of piperidine rings is 1. The van der Waals surface area contributed by atoms with Gasteiger partial charge >= 0.3 is 0 Å². The second kappa shape index (κ2) is 6.45. The summed E-state index contributed by atoms with van der Waals surface area (Å²) in [6.07, 6.45) is 10.9. The molecule has 3 atom stereocenters. The van der Waals surface area contributed by atoms with Gasteiger partial charge in [0.15, 0.2) is 0 Å². The Kier molecular flexibility index (Phi) is 3.94. The van der Waals surface area contributed by atoms with Gasteiger partial charge < -0.3 is 9.73 Å². The lowest BCUT2D eigenvalue weighted by Gasteiger charge is -2.39. The van der Waals surface area contributed by atoms with Gasteiger partial charge in [0.25, 0.3) is 5.89 Å². The fourth-order valence-electron chi connectivity index (χ4n) is 4.82. The van der Waals surface area contributed by atoms with Crippen LogP contribution in [0.1, 0.15) is 55.7 Å². The van der Waals surface area contributed by atoms with Gasteiger partial charge in [-0.2, -0.15) is 0 Å². The summed E-state index contributed by atoms with van der Waals surface area (Å²) in [4.78, 5) is 21.2. The second-order valence-electron chi connectivity index (χ2n) is 7.80. The average molecular weight is 353 g/mol. The number of hydrogen-bond acceptors (Lipinski definition) is 6. The second-order valence-corrected chi connectivity index (χ2v) is 7.80. The van der Waals surface area contributed by atoms with Crippen LogP contribution in [0.4, 0.5) is 0 Å². The highest BCUT2D eigenvalue weighted by molar-refractivity contribution is 5.80. The van der Waals surface area contributed by atoms with Gasteiger partial charge in [-0.15, -0.1) is 10.2 Å². The molecule has 2 aromatic heterocycles. The number of carbonyl (C=O) groups excluding carboxylic acids is 1. The molecule has 1 N–H and O–H groups in total. The van der Waals surface area contributed by atoms with E-state index in [-0.39, 0.29) is 11.8 Å². The summed E-state index contributed by atoms with van der Waals surface area (Å²) in [5, 5.41) is 11.6. The van der Waals surface area contributed by atoms with E-state index < -0.39 is 0 Å². The molecule has 136 valence electrons. The molecule has 0 bridgehead atoms. The van der Waals surface area contributed by atoms with Crippen LogP contribution in [0, 0.1) is 11.8 Å². The lowest BCUT2D eigenvalue weighted by atomic mass is 9.75. The molecule has 0 radical (unpaired) electrons. The average Bonchev–Trinajstić information content (AvgIpc) is 3.31. The van der Waals surface area contributed by atoms with Crippen molar-refractivity contribution < 1.29 is 9.21 Å². The van der Waals surface area contributed by atoms with Crippen LogP contribution < -0.4 is 5.32 Å². The van der Waals surface area contributed by atoms with Crippen molar-refractivity contribution in [3.05, 3.63) is 23.5 Å². The van der Waals surface area contributed by atoms with Gasteiger partial charge in [-0.1, -0.05) is 12.8 Å². The third kappa shape index (κ3) is 2.79. The summed E-state index contributed by atoms with van der Waals surface area (Å²) in [6.45, 7) is 0. The zero-order valence-corrected chi connectivity index (χ0v) is 14.8. The summed E-state index contributed by atoms with van der Waals surface area (Å²) >= 11 is 0. The highest BCUT2D eigenvalue weighted by Gasteiger charge is 2.37. The maximum Gasteiger partial charge on any atom is 0.266 e. The maximum atomic E-state index is 12.5. The van der Waals surface area contributed by atoms with Crippen LogP contribution in [-0.4, -0.2) is 32.1 Å². The van der Waals surface area contributed by atoms with Crippen LogP contribution in [-0.2, 0) is 24.1 Å². The van der Waals surface area contributed by atoms with E-state index in [2.05, 4.69) is 25.5 Å². The van der Waals surface area contributed by atoms with Crippen molar-refractivity contribution >= 4 is 5.91 Å². The predicted octanol–water partition coefficient (Wildman–Crippen LogP) is 2.25. The first kappa shape index (κ1) is 15.9. The molecule has 2 aromatic rings. The fourth-order valence-corrected chi connectivity index (χ4v) is 4.82. The highest BCUT2D eigenvalue weighted by atomic mass is 16.4. The SMILES string of the molecule is O=C1NC2CCCCC2CC1Cc1nnc(-c2ncnc3c2CCC3)o1. The van der Waals surface area contributed by atoms with Crippen molar-refractivity contribution in [1.29, 1.82) is 0 Å². The molecule has 3 unspecified atom stereocenters. The first-order valence-corrected chi connectivity index (χ1v) is 9.74. The Morgan fingerprint density at radius 3 is 3.00 bits per heavy atom. The number of aryl methyl sites for hydroxylation is 1. The summed E-state index contributed by atoms with van der Waals surface area (Å²) in [7, 11) is 0. The topological polar surface area (TPSA) is 93.8 Å². The highest BCUT2D eigenvalue weighted by Crippen LogP contribution is 2.35. The standard InChI is InChI=1S/C19H23N5O2/c25-18-12(8-11-4-1-2-6-14(11)22-18)9-16-23-24-19(26-16)17-13-5-3-7-15(13)20-10-21-17/h10-12,14H,1-9H2,(H,22,25). The number of aromatic nitrogens is 4. The molecular weight excluding hydrogens is 330 g/mol. The van der Waals surface area contributed by atoms with Gasteiger partial charge in [0.05, 0.1) is 0 Å². The van der Waals surface area contributed by atoms with Crippen LogP contribution in [0.3, 0.4) is 0 Å². The number of nitrogens with one attached hydrogen (secondary N) is 1. The van der Waals surface area contributed by atoms with E-state index in [1.54, 1.807) is 6.33 Å². The molecule has 7 nitrogen and oxygen atoms in total. The lowest BCUT2D eigenvalue weighted by Crippen LogP contribution is -2.51. The van der Waals surface area contributed by atoms with Crippen molar-refractivity contribution in [3.8, 4) is 11.6 Å². The van der Waals surface area contributed by atoms with Gasteiger partial charge in [0.1, 0.15) is 12.0 Å². The number of rotatable bonds is 3. The first-order valence-electron chi connectivity index (χ1n) is 9.74. The fraction of sp³-hybridized carbons (Fsp3) is 0.632. The smallest absolute Gasteiger partial charge is 0.266 e. The van der Waals surface area contributed by atoms with Crippen LogP contribution in [0.5, 0.6) is 0 Å². The van der Waals surface area contributed by atoms with E-state index >= 15 is 0 Å². The van der Waals surface area contributed by atoms with Crippen molar-refractivity contribution in [2.45, 2.75) is 63.8 Å². The van der Waals surface area contributed by atoms with Gasteiger partial charge in [0, 0.05) is 29.6 Å². The Balaban J connectivity index is 1.33. The number of amides is 1. The Hall–Kier alpha value is -2.31. The largest absolute Gasteiger partial charge is 0.419 e. The van der Waals surface area contributed by atoms with Gasteiger partial charge in [-0.3, -0.25) is 4.79 Å². The molecule has 3 heterocycles. The van der Waals surface area contributed by atoms with Gasteiger partial charge in [-0.25, -0.2) is 9.97 Å². The zero-order chi connectivity index (χ0) is 17.5. The van der Waals surface area contributed by atoms with Crippen LogP contribution in [0.2, 0.25) is 0 Å². The van der Waals surface area contributed by atoms with Crippen LogP contribution in [0.25, 0.3) is 11.6 Å². The summed E-state index contributed by atoms with van der Waals surface area (Å²) < 4.78 is 5.89. The number of nitrogens with zero attached hydrogens (tertiary/aromatic N) is 4. The van der Waals surface area contributed by atoms with E-state index in [0.717, 1.165) is 49.1 Å². The Labute approximate surface area is 152 Å². The minimum absolute atomic E-state index is 0.0706. The molecule has 1 aliphatic heterocycles. The van der Waals surface area contributed by atoms with E-state index in [1.807, 2.05) is 0 Å². The number of fused-ring (bicyclic) bond motifs is 2. The monoisotopic (exact) mass is 353 g/mol. The van der Waals surface area contributed by atoms with E-state index in [0.29, 0.717) is 30.2 Å². The van der Waals surface area contributed by atoms with E-state index in [9.17, 15) is 4.79 Å². The minimum atomic E-state index is -0.0706. The van der Waals surface area contributed by atoms with E-state index in [1.165, 1.54) is 19.3 Å². The normalized spacial score (nSPS) is 27.7. The van der Waals surface area contributed by atoms with E-state index in [4.69, 9.17) is 4.42 Å². The summed E-state index contributed by atoms with van der Waals surface area (Å²) in [6, 6.07) is 0.370. The Bertz CT molecular complexity index is 833. The summed E-state index contributed by atoms with van der Waals surface area (Å²) in [5.41, 5.74) is 2.97. The maximum absolute atomic E-state index is 12.5. The van der Waals surface area contributed by atoms with Gasteiger partial charge in [-0.05, 0) is 44.4 Å². The molecular formula is C19H23N5O2. The predicted molar refractivity (Wildman–Crippen MR) is 93.0 cm³/mol. The molecule has 0 aromatic carbocycles. The van der Waals surface area contributed by atoms with Crippen molar-refractivity contribution in [1.82, 2.24) is 25.5 Å². The minimum Gasteiger partial charge on any atom is -0.419 e.